The van der Waals surface area contributed by atoms with Crippen LogP contribution in [0.25, 0.3) is 0 Å². The van der Waals surface area contributed by atoms with E-state index in [-0.39, 0.29) is 29.4 Å². The van der Waals surface area contributed by atoms with E-state index in [4.69, 9.17) is 0 Å². The molecule has 0 bridgehead atoms. The normalized spacial score (nSPS) is 23.6. The summed E-state index contributed by atoms with van der Waals surface area (Å²) < 4.78 is 27.9. The molecule has 0 saturated carbocycles. The number of hydrogen-bond donors (Lipinski definition) is 1. The van der Waals surface area contributed by atoms with Crippen LogP contribution in [0.15, 0.2) is 33.6 Å². The Kier molecular flexibility index (Phi) is 5.82. The number of amides is 1. The first-order valence-corrected chi connectivity index (χ1v) is 10.8. The van der Waals surface area contributed by atoms with Gasteiger partial charge in [0.2, 0.25) is 15.9 Å². The molecule has 1 aromatic carbocycles. The highest BCUT2D eigenvalue weighted by atomic mass is 79.9. The van der Waals surface area contributed by atoms with Gasteiger partial charge in [-0.25, -0.2) is 8.42 Å². The SMILES string of the molecule is O=C(C1CCCN(S(=O)(=O)c2ccc(Br)cc2)C1)N1CCC(O)CC1. The maximum Gasteiger partial charge on any atom is 0.243 e. The highest BCUT2D eigenvalue weighted by molar-refractivity contribution is 9.10. The molecule has 2 aliphatic heterocycles. The van der Waals surface area contributed by atoms with Crippen molar-refractivity contribution in [1.29, 1.82) is 0 Å². The smallest absolute Gasteiger partial charge is 0.243 e. The summed E-state index contributed by atoms with van der Waals surface area (Å²) in [5.74, 6) is -0.281. The first-order valence-electron chi connectivity index (χ1n) is 8.60. The molecular weight excluding hydrogens is 408 g/mol. The molecule has 1 atom stereocenters. The summed E-state index contributed by atoms with van der Waals surface area (Å²) in [5.41, 5.74) is 0. The lowest BCUT2D eigenvalue weighted by Crippen LogP contribution is -2.49. The minimum absolute atomic E-state index is 0.0163. The molecule has 1 unspecified atom stereocenters. The Morgan fingerprint density at radius 3 is 2.36 bits per heavy atom. The van der Waals surface area contributed by atoms with Crippen LogP contribution in [-0.4, -0.2) is 60.9 Å². The van der Waals surface area contributed by atoms with E-state index in [0.717, 1.165) is 4.47 Å². The monoisotopic (exact) mass is 430 g/mol. The lowest BCUT2D eigenvalue weighted by Gasteiger charge is -2.36. The van der Waals surface area contributed by atoms with Gasteiger partial charge in [-0.3, -0.25) is 4.79 Å². The van der Waals surface area contributed by atoms with Gasteiger partial charge in [-0.1, -0.05) is 15.9 Å². The Balaban J connectivity index is 1.70. The second kappa shape index (κ2) is 7.73. The molecule has 1 aromatic rings. The van der Waals surface area contributed by atoms with Crippen molar-refractivity contribution in [3.63, 3.8) is 0 Å². The fourth-order valence-electron chi connectivity index (χ4n) is 3.46. The fraction of sp³-hybridized carbons (Fsp3) is 0.588. The maximum absolute atomic E-state index is 12.8. The Morgan fingerprint density at radius 1 is 1.08 bits per heavy atom. The van der Waals surface area contributed by atoms with Crippen molar-refractivity contribution in [2.24, 2.45) is 5.92 Å². The third-order valence-electron chi connectivity index (χ3n) is 4.96. The summed E-state index contributed by atoms with van der Waals surface area (Å²) in [6.07, 6.45) is 2.26. The quantitative estimate of drug-likeness (QED) is 0.793. The summed E-state index contributed by atoms with van der Waals surface area (Å²) in [5, 5.41) is 9.58. The number of piperidine rings is 2. The van der Waals surface area contributed by atoms with E-state index in [9.17, 15) is 18.3 Å². The largest absolute Gasteiger partial charge is 0.393 e. The predicted molar refractivity (Wildman–Crippen MR) is 97.4 cm³/mol. The third kappa shape index (κ3) is 4.24. The second-order valence-electron chi connectivity index (χ2n) is 6.71. The minimum atomic E-state index is -3.58. The summed E-state index contributed by atoms with van der Waals surface area (Å²) in [4.78, 5) is 14.8. The van der Waals surface area contributed by atoms with Crippen LogP contribution in [0.1, 0.15) is 25.7 Å². The number of aliphatic hydroxyl groups excluding tert-OH is 1. The molecule has 0 spiro atoms. The molecule has 1 amide bonds. The molecule has 138 valence electrons. The van der Waals surface area contributed by atoms with E-state index in [1.54, 1.807) is 29.2 Å². The van der Waals surface area contributed by atoms with Gasteiger partial charge >= 0.3 is 0 Å². The fourth-order valence-corrected chi connectivity index (χ4v) is 5.25. The molecule has 0 aromatic heterocycles. The number of rotatable bonds is 3. The zero-order valence-electron chi connectivity index (χ0n) is 14.0. The molecule has 2 aliphatic rings. The Bertz CT molecular complexity index is 715. The molecule has 8 heteroatoms. The number of sulfonamides is 1. The van der Waals surface area contributed by atoms with E-state index in [1.807, 2.05) is 0 Å². The molecule has 25 heavy (non-hydrogen) atoms. The van der Waals surface area contributed by atoms with Crippen LogP contribution < -0.4 is 0 Å². The summed E-state index contributed by atoms with van der Waals surface area (Å²) in [7, 11) is -3.58. The van der Waals surface area contributed by atoms with Crippen LogP contribution in [0, 0.1) is 5.92 Å². The molecule has 2 heterocycles. The van der Waals surface area contributed by atoms with E-state index in [2.05, 4.69) is 15.9 Å². The number of halogens is 1. The highest BCUT2D eigenvalue weighted by Gasteiger charge is 2.35. The molecule has 2 saturated heterocycles. The molecule has 6 nitrogen and oxygen atoms in total. The van der Waals surface area contributed by atoms with Crippen molar-refractivity contribution in [3.05, 3.63) is 28.7 Å². The lowest BCUT2D eigenvalue weighted by molar-refractivity contribution is -0.138. The zero-order chi connectivity index (χ0) is 18.0. The number of nitrogens with zero attached hydrogens (tertiary/aromatic N) is 2. The van der Waals surface area contributed by atoms with E-state index in [1.165, 1.54) is 4.31 Å². The Hall–Kier alpha value is -0.960. The van der Waals surface area contributed by atoms with Gasteiger partial charge in [0.15, 0.2) is 0 Å². The lowest BCUT2D eigenvalue weighted by atomic mass is 9.96. The van der Waals surface area contributed by atoms with Crippen molar-refractivity contribution in [1.82, 2.24) is 9.21 Å². The van der Waals surface area contributed by atoms with Crippen LogP contribution in [-0.2, 0) is 14.8 Å². The van der Waals surface area contributed by atoms with Crippen LogP contribution in [0.5, 0.6) is 0 Å². The average Bonchev–Trinajstić information content (AvgIpc) is 2.62. The van der Waals surface area contributed by atoms with Crippen molar-refractivity contribution < 1.29 is 18.3 Å². The molecule has 0 radical (unpaired) electrons. The summed E-state index contributed by atoms with van der Waals surface area (Å²) in [6.45, 7) is 1.78. The molecule has 3 rings (SSSR count). The number of hydrogen-bond acceptors (Lipinski definition) is 4. The number of carbonyl (C=O) groups is 1. The number of likely N-dealkylation sites (tertiary alicyclic amines) is 1. The molecule has 0 aliphatic carbocycles. The van der Waals surface area contributed by atoms with Crippen molar-refractivity contribution in [2.75, 3.05) is 26.2 Å². The van der Waals surface area contributed by atoms with Crippen LogP contribution >= 0.6 is 15.9 Å². The minimum Gasteiger partial charge on any atom is -0.393 e. The van der Waals surface area contributed by atoms with Gasteiger partial charge in [-0.15, -0.1) is 0 Å². The summed E-state index contributed by atoms with van der Waals surface area (Å²) in [6, 6.07) is 6.57. The Morgan fingerprint density at radius 2 is 1.72 bits per heavy atom. The van der Waals surface area contributed by atoms with Crippen molar-refractivity contribution in [2.45, 2.75) is 36.7 Å². The van der Waals surface area contributed by atoms with Crippen LogP contribution in [0.3, 0.4) is 0 Å². The standard InChI is InChI=1S/C17H23BrN2O4S/c18-14-3-5-16(6-4-14)25(23,24)20-9-1-2-13(12-20)17(22)19-10-7-15(21)8-11-19/h3-6,13,15,21H,1-2,7-12H2. The molecule has 2 fully saturated rings. The predicted octanol–water partition coefficient (Wildman–Crippen LogP) is 1.83. The topological polar surface area (TPSA) is 77.9 Å². The van der Waals surface area contributed by atoms with Gasteiger partial charge in [0, 0.05) is 30.7 Å². The third-order valence-corrected chi connectivity index (χ3v) is 7.37. The second-order valence-corrected chi connectivity index (χ2v) is 9.57. The maximum atomic E-state index is 12.8. The van der Waals surface area contributed by atoms with Crippen LogP contribution in [0.2, 0.25) is 0 Å². The number of benzene rings is 1. The van der Waals surface area contributed by atoms with Crippen LogP contribution in [0.4, 0.5) is 0 Å². The van der Waals surface area contributed by atoms with Gasteiger partial charge in [0.25, 0.3) is 0 Å². The molecule has 1 N–H and O–H groups in total. The van der Waals surface area contributed by atoms with Gasteiger partial charge in [-0.2, -0.15) is 4.31 Å². The number of aliphatic hydroxyl groups is 1. The van der Waals surface area contributed by atoms with E-state index < -0.39 is 10.0 Å². The first-order chi connectivity index (χ1) is 11.9. The zero-order valence-corrected chi connectivity index (χ0v) is 16.4. The summed E-state index contributed by atoms with van der Waals surface area (Å²) >= 11 is 3.31. The Labute approximate surface area is 157 Å². The number of carbonyl (C=O) groups excluding carboxylic acids is 1. The van der Waals surface area contributed by atoms with Gasteiger partial charge in [-0.05, 0) is 49.9 Å². The van der Waals surface area contributed by atoms with E-state index in [0.29, 0.717) is 45.3 Å². The molecular formula is C17H23BrN2O4S. The van der Waals surface area contributed by atoms with Gasteiger partial charge in [0.05, 0.1) is 16.9 Å². The first kappa shape index (κ1) is 18.8. The van der Waals surface area contributed by atoms with Gasteiger partial charge < -0.3 is 10.0 Å². The van der Waals surface area contributed by atoms with Gasteiger partial charge in [0.1, 0.15) is 0 Å². The highest BCUT2D eigenvalue weighted by Crippen LogP contribution is 2.26. The van der Waals surface area contributed by atoms with E-state index >= 15 is 0 Å². The average molecular weight is 431 g/mol. The van der Waals surface area contributed by atoms with Crippen molar-refractivity contribution >= 4 is 31.9 Å². The van der Waals surface area contributed by atoms with Crippen molar-refractivity contribution in [3.8, 4) is 0 Å².